The highest BCUT2D eigenvalue weighted by atomic mass is 127. The number of rotatable bonds is 7. The number of terminal acetylenes is 1. The number of anilines is 1. The van der Waals surface area contributed by atoms with Crippen molar-refractivity contribution in [1.82, 2.24) is 0 Å². The van der Waals surface area contributed by atoms with E-state index in [0.717, 1.165) is 44.6 Å². The van der Waals surface area contributed by atoms with Gasteiger partial charge in [0, 0.05) is 16.8 Å². The lowest BCUT2D eigenvalue weighted by Gasteiger charge is -2.33. The van der Waals surface area contributed by atoms with E-state index < -0.39 is 0 Å². The number of benzene rings is 2. The van der Waals surface area contributed by atoms with E-state index >= 15 is 0 Å². The molecule has 1 aliphatic carbocycles. The average Bonchev–Trinajstić information content (AvgIpc) is 3.24. The maximum Gasteiger partial charge on any atom is 0.259 e. The Morgan fingerprint density at radius 3 is 2.73 bits per heavy atom. The third-order valence-corrected chi connectivity index (χ3v) is 8.58. The Labute approximate surface area is 236 Å². The molecule has 1 aliphatic rings. The van der Waals surface area contributed by atoms with Gasteiger partial charge in [-0.15, -0.1) is 17.8 Å². The molecule has 3 aromatic rings. The molecule has 2 aromatic carbocycles. The van der Waals surface area contributed by atoms with E-state index in [1.165, 1.54) is 4.88 Å². The Kier molecular flexibility index (Phi) is 8.60. The summed E-state index contributed by atoms with van der Waals surface area (Å²) in [5.74, 6) is 4.14. The van der Waals surface area contributed by atoms with Crippen molar-refractivity contribution < 1.29 is 14.3 Å². The minimum atomic E-state index is -0.116. The Morgan fingerprint density at radius 1 is 1.30 bits per heavy atom. The number of thiophene rings is 1. The summed E-state index contributed by atoms with van der Waals surface area (Å²) >= 11 is 3.83. The minimum Gasteiger partial charge on any atom is -0.493 e. The maximum absolute atomic E-state index is 13.5. The van der Waals surface area contributed by atoms with E-state index in [9.17, 15) is 4.79 Å². The third-order valence-electron chi connectivity index (χ3n) is 6.61. The molecule has 1 amide bonds. The summed E-state index contributed by atoms with van der Waals surface area (Å²) in [4.78, 5) is 19.6. The second-order valence-corrected chi connectivity index (χ2v) is 12.3. The summed E-state index contributed by atoms with van der Waals surface area (Å²) in [5, 5.41) is 3.80. The molecule has 0 aliphatic heterocycles. The second kappa shape index (κ2) is 11.7. The summed E-state index contributed by atoms with van der Waals surface area (Å²) in [7, 11) is 1.60. The van der Waals surface area contributed by atoms with Crippen molar-refractivity contribution in [3.63, 3.8) is 0 Å². The Morgan fingerprint density at radius 2 is 2.05 bits per heavy atom. The number of amides is 1. The van der Waals surface area contributed by atoms with Crippen LogP contribution in [-0.2, 0) is 12.8 Å². The molecule has 1 aromatic heterocycles. The van der Waals surface area contributed by atoms with Gasteiger partial charge in [0.05, 0.1) is 16.2 Å². The summed E-state index contributed by atoms with van der Waals surface area (Å²) in [5.41, 5.74) is 3.66. The molecule has 0 radical (unpaired) electrons. The minimum absolute atomic E-state index is 0.116. The smallest absolute Gasteiger partial charge is 0.259 e. The number of hydrogen-bond donors (Lipinski definition) is 1. The van der Waals surface area contributed by atoms with Crippen LogP contribution >= 0.6 is 33.9 Å². The number of nitrogens with one attached hydrogen (secondary N) is 1. The summed E-state index contributed by atoms with van der Waals surface area (Å²) < 4.78 is 12.1. The van der Waals surface area contributed by atoms with Crippen LogP contribution in [0.15, 0.2) is 47.5 Å². The van der Waals surface area contributed by atoms with Gasteiger partial charge in [-0.05, 0) is 88.6 Å². The van der Waals surface area contributed by atoms with Crippen LogP contribution in [-0.4, -0.2) is 25.8 Å². The summed E-state index contributed by atoms with van der Waals surface area (Å²) in [6.45, 7) is 7.05. The van der Waals surface area contributed by atoms with Gasteiger partial charge in [0.2, 0.25) is 0 Å². The van der Waals surface area contributed by atoms with Gasteiger partial charge in [0.15, 0.2) is 11.5 Å². The number of carbonyl (C=O) groups excluding carboxylic acids is 1. The van der Waals surface area contributed by atoms with Crippen LogP contribution in [0, 0.1) is 27.2 Å². The van der Waals surface area contributed by atoms with Crippen LogP contribution < -0.4 is 14.8 Å². The summed E-state index contributed by atoms with van der Waals surface area (Å²) in [6.07, 6.45) is 10.1. The standard InChI is InChI=1S/C30H31IN2O3S/c1-6-14-36-27-23(31)15-19(16-24(27)35-5)18-32-29-26(28(34)33-21-10-8-7-9-11-21)22-13-12-20(30(2,3)4)17-25(22)37-29/h1,7-11,15-16,18,20H,12-14,17H2,2-5H3,(H,33,34)/t20-/m0/s1. The van der Waals surface area contributed by atoms with Crippen molar-refractivity contribution in [3.05, 3.63) is 67.6 Å². The Balaban J connectivity index is 1.71. The predicted molar refractivity (Wildman–Crippen MR) is 161 cm³/mol. The van der Waals surface area contributed by atoms with Crippen LogP contribution in [0.25, 0.3) is 0 Å². The monoisotopic (exact) mass is 626 g/mol. The average molecular weight is 627 g/mol. The van der Waals surface area contributed by atoms with E-state index in [1.807, 2.05) is 42.5 Å². The van der Waals surface area contributed by atoms with Gasteiger partial charge in [-0.1, -0.05) is 44.9 Å². The molecule has 37 heavy (non-hydrogen) atoms. The molecule has 0 fully saturated rings. The zero-order valence-electron chi connectivity index (χ0n) is 21.6. The first kappa shape index (κ1) is 27.2. The quantitative estimate of drug-likeness (QED) is 0.168. The Bertz CT molecular complexity index is 1350. The molecule has 1 atom stereocenters. The molecule has 0 spiro atoms. The van der Waals surface area contributed by atoms with Crippen molar-refractivity contribution in [2.45, 2.75) is 40.0 Å². The number of fused-ring (bicyclic) bond motifs is 1. The number of para-hydroxylation sites is 1. The zero-order chi connectivity index (χ0) is 26.6. The molecule has 1 N–H and O–H groups in total. The SMILES string of the molecule is C#CCOc1c(I)cc(C=Nc2sc3c(c2C(=O)Nc2ccccc2)CC[C@H](C(C)(C)C)C3)cc1OC. The normalized spacial score (nSPS) is 15.2. The van der Waals surface area contributed by atoms with Crippen LogP contribution in [0.3, 0.4) is 0 Å². The van der Waals surface area contributed by atoms with Crippen molar-refractivity contribution >= 4 is 56.7 Å². The third kappa shape index (κ3) is 6.36. The van der Waals surface area contributed by atoms with Crippen molar-refractivity contribution in [2.24, 2.45) is 16.3 Å². The van der Waals surface area contributed by atoms with E-state index in [2.05, 4.69) is 54.6 Å². The lowest BCUT2D eigenvalue weighted by atomic mass is 9.72. The van der Waals surface area contributed by atoms with Crippen molar-refractivity contribution in [3.8, 4) is 23.8 Å². The molecule has 192 valence electrons. The van der Waals surface area contributed by atoms with Gasteiger partial charge in [0.1, 0.15) is 11.6 Å². The highest BCUT2D eigenvalue weighted by Gasteiger charge is 2.33. The molecule has 0 unspecified atom stereocenters. The lowest BCUT2D eigenvalue weighted by Crippen LogP contribution is -2.27. The molecule has 0 bridgehead atoms. The molecule has 0 saturated heterocycles. The molecule has 1 heterocycles. The summed E-state index contributed by atoms with van der Waals surface area (Å²) in [6, 6.07) is 13.4. The van der Waals surface area contributed by atoms with Crippen LogP contribution in [0.2, 0.25) is 0 Å². The van der Waals surface area contributed by atoms with Crippen LogP contribution in [0.1, 0.15) is 53.6 Å². The topological polar surface area (TPSA) is 59.9 Å². The molecule has 5 nitrogen and oxygen atoms in total. The molecule has 7 heteroatoms. The maximum atomic E-state index is 13.5. The highest BCUT2D eigenvalue weighted by molar-refractivity contribution is 14.1. The van der Waals surface area contributed by atoms with Gasteiger partial charge in [0.25, 0.3) is 5.91 Å². The van der Waals surface area contributed by atoms with E-state index in [4.69, 9.17) is 20.9 Å². The van der Waals surface area contributed by atoms with Gasteiger partial charge >= 0.3 is 0 Å². The van der Waals surface area contributed by atoms with Crippen LogP contribution in [0.5, 0.6) is 11.5 Å². The van der Waals surface area contributed by atoms with Gasteiger partial charge < -0.3 is 14.8 Å². The number of methoxy groups -OCH3 is 1. The van der Waals surface area contributed by atoms with Gasteiger partial charge in [-0.25, -0.2) is 4.99 Å². The number of aliphatic imine (C=N–C) groups is 1. The van der Waals surface area contributed by atoms with E-state index in [1.54, 1.807) is 24.7 Å². The van der Waals surface area contributed by atoms with Crippen LogP contribution in [0.4, 0.5) is 10.7 Å². The first-order valence-corrected chi connectivity index (χ1v) is 14.1. The molecular formula is C30H31IN2O3S. The number of hydrogen-bond acceptors (Lipinski definition) is 5. The Hall–Kier alpha value is -2.83. The fourth-order valence-electron chi connectivity index (χ4n) is 4.55. The second-order valence-electron chi connectivity index (χ2n) is 10.1. The van der Waals surface area contributed by atoms with Crippen molar-refractivity contribution in [2.75, 3.05) is 19.0 Å². The first-order chi connectivity index (χ1) is 17.7. The molecule has 4 rings (SSSR count). The fourth-order valence-corrected chi connectivity index (χ4v) is 6.60. The predicted octanol–water partition coefficient (Wildman–Crippen LogP) is 7.53. The lowest BCUT2D eigenvalue weighted by molar-refractivity contribution is 0.102. The fraction of sp³-hybridized carbons (Fsp3) is 0.333. The van der Waals surface area contributed by atoms with Crippen molar-refractivity contribution in [1.29, 1.82) is 0 Å². The number of carbonyl (C=O) groups is 1. The molecular weight excluding hydrogens is 595 g/mol. The first-order valence-electron chi connectivity index (χ1n) is 12.2. The van der Waals surface area contributed by atoms with Gasteiger partial charge in [-0.2, -0.15) is 0 Å². The van der Waals surface area contributed by atoms with Gasteiger partial charge in [-0.3, -0.25) is 4.79 Å². The largest absolute Gasteiger partial charge is 0.493 e. The van der Waals surface area contributed by atoms with E-state index in [0.29, 0.717) is 23.0 Å². The zero-order valence-corrected chi connectivity index (χ0v) is 24.5. The number of ether oxygens (including phenoxy) is 2. The molecule has 0 saturated carbocycles. The highest BCUT2D eigenvalue weighted by Crippen LogP contribution is 2.45. The van der Waals surface area contributed by atoms with E-state index in [-0.39, 0.29) is 17.9 Å². The number of nitrogens with zero attached hydrogens (tertiary/aromatic N) is 1. The number of halogens is 1.